The molecule has 2 aromatic rings. The van der Waals surface area contributed by atoms with Gasteiger partial charge in [-0.25, -0.2) is 9.78 Å². The first-order valence-electron chi connectivity index (χ1n) is 8.89. The van der Waals surface area contributed by atoms with E-state index in [1.807, 2.05) is 13.0 Å². The van der Waals surface area contributed by atoms with Crippen LogP contribution in [0.25, 0.3) is 9.53 Å². The van der Waals surface area contributed by atoms with E-state index in [9.17, 15) is 4.79 Å². The van der Waals surface area contributed by atoms with Gasteiger partial charge in [0.15, 0.2) is 5.13 Å². The molecule has 0 aromatic carbocycles. The first kappa shape index (κ1) is 17.2. The van der Waals surface area contributed by atoms with Crippen molar-refractivity contribution < 1.29 is 14.3 Å². The zero-order valence-corrected chi connectivity index (χ0v) is 16.0. The number of nitrogens with zero attached hydrogens (tertiary/aromatic N) is 3. The van der Waals surface area contributed by atoms with E-state index in [4.69, 9.17) is 14.5 Å². The molecule has 0 unspecified atom stereocenters. The van der Waals surface area contributed by atoms with Crippen molar-refractivity contribution >= 4 is 43.3 Å². The first-order chi connectivity index (χ1) is 12.2. The Morgan fingerprint density at radius 3 is 2.72 bits per heavy atom. The number of hydrogen-bond acceptors (Lipinski definition) is 8. The quantitative estimate of drug-likeness (QED) is 0.759. The number of esters is 1. The van der Waals surface area contributed by atoms with Gasteiger partial charge in [0.1, 0.15) is 9.71 Å². The second kappa shape index (κ2) is 7.57. The van der Waals surface area contributed by atoms with Crippen LogP contribution in [0.4, 0.5) is 5.13 Å². The molecule has 2 aliphatic rings. The number of thiophene rings is 1. The lowest BCUT2D eigenvalue weighted by atomic mass is 10.0. The minimum Gasteiger partial charge on any atom is -0.462 e. The van der Waals surface area contributed by atoms with Crippen molar-refractivity contribution in [3.8, 4) is 0 Å². The van der Waals surface area contributed by atoms with Crippen molar-refractivity contribution in [3.05, 3.63) is 10.9 Å². The minimum absolute atomic E-state index is 0.245. The molecule has 6 nitrogen and oxygen atoms in total. The van der Waals surface area contributed by atoms with Crippen LogP contribution in [0, 0.1) is 0 Å². The van der Waals surface area contributed by atoms with Gasteiger partial charge in [0.25, 0.3) is 0 Å². The normalized spacial score (nSPS) is 20.3. The van der Waals surface area contributed by atoms with Crippen LogP contribution in [-0.2, 0) is 9.47 Å². The summed E-state index contributed by atoms with van der Waals surface area (Å²) in [5.74, 6) is -0.245. The van der Waals surface area contributed by atoms with E-state index in [0.29, 0.717) is 17.5 Å². The number of anilines is 1. The van der Waals surface area contributed by atoms with E-state index in [1.165, 1.54) is 24.2 Å². The van der Waals surface area contributed by atoms with Crippen LogP contribution in [0.2, 0.25) is 0 Å². The lowest BCUT2D eigenvalue weighted by Gasteiger charge is -2.40. The van der Waals surface area contributed by atoms with Gasteiger partial charge in [-0.1, -0.05) is 11.3 Å². The highest BCUT2D eigenvalue weighted by atomic mass is 32.1. The number of morpholine rings is 1. The van der Waals surface area contributed by atoms with Gasteiger partial charge in [-0.05, 0) is 25.8 Å². The van der Waals surface area contributed by atoms with Crippen molar-refractivity contribution in [2.75, 3.05) is 50.9 Å². The molecule has 136 valence electrons. The molecule has 2 saturated heterocycles. The second-order valence-corrected chi connectivity index (χ2v) is 8.40. The Balaban J connectivity index is 1.39. The molecule has 0 N–H and O–H groups in total. The zero-order chi connectivity index (χ0) is 17.2. The molecule has 25 heavy (non-hydrogen) atoms. The summed E-state index contributed by atoms with van der Waals surface area (Å²) in [6, 6.07) is 2.59. The molecule has 0 radical (unpaired) electrons. The summed E-state index contributed by atoms with van der Waals surface area (Å²) in [4.78, 5) is 23.1. The molecular formula is C17H23N3O3S2. The number of piperidine rings is 1. The third-order valence-corrected chi connectivity index (χ3v) is 7.05. The van der Waals surface area contributed by atoms with E-state index < -0.39 is 0 Å². The van der Waals surface area contributed by atoms with E-state index in [0.717, 1.165) is 54.1 Å². The number of hydrogen-bond donors (Lipinski definition) is 0. The van der Waals surface area contributed by atoms with Crippen LogP contribution in [0.5, 0.6) is 0 Å². The molecule has 0 amide bonds. The SMILES string of the molecule is CCOC(=O)c1cc2sc(N3CCC(N4CCOCC4)CC3)nc2s1. The molecule has 0 bridgehead atoms. The fourth-order valence-corrected chi connectivity index (χ4v) is 5.68. The first-order valence-corrected chi connectivity index (χ1v) is 10.5. The minimum atomic E-state index is -0.245. The van der Waals surface area contributed by atoms with Crippen LogP contribution in [0.3, 0.4) is 0 Å². The predicted molar refractivity (Wildman–Crippen MR) is 101 cm³/mol. The Kier molecular flexibility index (Phi) is 5.21. The highest BCUT2D eigenvalue weighted by Gasteiger charge is 2.27. The van der Waals surface area contributed by atoms with Crippen LogP contribution in [0.15, 0.2) is 6.07 Å². The van der Waals surface area contributed by atoms with E-state index in [1.54, 1.807) is 11.3 Å². The summed E-state index contributed by atoms with van der Waals surface area (Å²) in [7, 11) is 0. The van der Waals surface area contributed by atoms with Crippen molar-refractivity contribution in [1.82, 2.24) is 9.88 Å². The number of thiazole rings is 1. The Labute approximate surface area is 155 Å². The van der Waals surface area contributed by atoms with Gasteiger partial charge in [-0.15, -0.1) is 11.3 Å². The smallest absolute Gasteiger partial charge is 0.348 e. The molecule has 0 spiro atoms. The maximum atomic E-state index is 11.8. The number of carbonyl (C=O) groups is 1. The molecule has 2 fully saturated rings. The largest absolute Gasteiger partial charge is 0.462 e. The molecule has 0 aliphatic carbocycles. The fraction of sp³-hybridized carbons (Fsp3) is 0.647. The third kappa shape index (κ3) is 3.67. The van der Waals surface area contributed by atoms with Gasteiger partial charge in [0.05, 0.1) is 24.5 Å². The zero-order valence-electron chi connectivity index (χ0n) is 14.4. The molecule has 2 aliphatic heterocycles. The van der Waals surface area contributed by atoms with Gasteiger partial charge in [-0.2, -0.15) is 0 Å². The Bertz CT molecular complexity index is 699. The highest BCUT2D eigenvalue weighted by Crippen LogP contribution is 2.36. The van der Waals surface area contributed by atoms with Crippen LogP contribution in [0.1, 0.15) is 29.4 Å². The van der Waals surface area contributed by atoms with Gasteiger partial charge >= 0.3 is 5.97 Å². The molecule has 0 atom stereocenters. The number of carbonyl (C=O) groups excluding carboxylic acids is 1. The van der Waals surface area contributed by atoms with Crippen molar-refractivity contribution in [3.63, 3.8) is 0 Å². The summed E-state index contributed by atoms with van der Waals surface area (Å²) in [5.41, 5.74) is 0. The standard InChI is InChI=1S/C17H23N3O3S2/c1-2-23-16(21)14-11-13-15(24-14)18-17(25-13)20-5-3-12(4-6-20)19-7-9-22-10-8-19/h11-12H,2-10H2,1H3. The summed E-state index contributed by atoms with van der Waals surface area (Å²) < 4.78 is 11.6. The second-order valence-electron chi connectivity index (χ2n) is 6.36. The summed E-state index contributed by atoms with van der Waals surface area (Å²) >= 11 is 3.11. The number of aromatic nitrogens is 1. The maximum absolute atomic E-state index is 11.8. The summed E-state index contributed by atoms with van der Waals surface area (Å²) in [6.07, 6.45) is 2.36. The number of ether oxygens (including phenoxy) is 2. The average molecular weight is 382 g/mol. The van der Waals surface area contributed by atoms with Gasteiger partial charge < -0.3 is 14.4 Å². The van der Waals surface area contributed by atoms with Crippen molar-refractivity contribution in [2.24, 2.45) is 0 Å². The highest BCUT2D eigenvalue weighted by molar-refractivity contribution is 7.29. The molecule has 2 aromatic heterocycles. The summed E-state index contributed by atoms with van der Waals surface area (Å²) in [6.45, 7) is 8.19. The number of rotatable bonds is 4. The van der Waals surface area contributed by atoms with E-state index >= 15 is 0 Å². The van der Waals surface area contributed by atoms with Gasteiger partial charge in [0, 0.05) is 32.2 Å². The maximum Gasteiger partial charge on any atom is 0.348 e. The average Bonchev–Trinajstić information content (AvgIpc) is 3.22. The third-order valence-electron chi connectivity index (χ3n) is 4.85. The van der Waals surface area contributed by atoms with Crippen LogP contribution < -0.4 is 4.90 Å². The lowest BCUT2D eigenvalue weighted by Crippen LogP contribution is -2.49. The van der Waals surface area contributed by atoms with E-state index in [2.05, 4.69) is 9.80 Å². The number of fused-ring (bicyclic) bond motifs is 1. The van der Waals surface area contributed by atoms with E-state index in [-0.39, 0.29) is 5.97 Å². The molecule has 4 rings (SSSR count). The van der Waals surface area contributed by atoms with Crippen molar-refractivity contribution in [2.45, 2.75) is 25.8 Å². The fourth-order valence-electron chi connectivity index (χ4n) is 3.53. The molecule has 0 saturated carbocycles. The molecular weight excluding hydrogens is 358 g/mol. The molecule has 4 heterocycles. The Hall–Kier alpha value is -1.22. The van der Waals surface area contributed by atoms with Gasteiger partial charge in [0.2, 0.25) is 0 Å². The van der Waals surface area contributed by atoms with Crippen molar-refractivity contribution in [1.29, 1.82) is 0 Å². The monoisotopic (exact) mass is 381 g/mol. The summed E-state index contributed by atoms with van der Waals surface area (Å²) in [5, 5.41) is 1.08. The lowest BCUT2D eigenvalue weighted by molar-refractivity contribution is 0.0115. The topological polar surface area (TPSA) is 54.9 Å². The van der Waals surface area contributed by atoms with Crippen LogP contribution >= 0.6 is 22.7 Å². The Morgan fingerprint density at radius 2 is 2.04 bits per heavy atom. The van der Waals surface area contributed by atoms with Crippen LogP contribution in [-0.4, -0.2) is 67.9 Å². The molecule has 8 heteroatoms. The predicted octanol–water partition coefficient (Wildman–Crippen LogP) is 2.84. The Morgan fingerprint density at radius 1 is 1.28 bits per heavy atom. The van der Waals surface area contributed by atoms with Gasteiger partial charge in [-0.3, -0.25) is 4.90 Å².